The number of hydrogen-bond donors (Lipinski definition) is 2. The number of rotatable bonds is 12. The van der Waals surface area contributed by atoms with E-state index < -0.39 is 18.0 Å². The number of aryl methyl sites for hydroxylation is 1. The van der Waals surface area contributed by atoms with Crippen LogP contribution in [0, 0.1) is 18.8 Å². The first kappa shape index (κ1) is 42.7. The second-order valence-corrected chi connectivity index (χ2v) is 17.4. The molecule has 0 radical (unpaired) electrons. The predicted molar refractivity (Wildman–Crippen MR) is 227 cm³/mol. The molecule has 5 aliphatic rings. The second-order valence-electron chi connectivity index (χ2n) is 17.4. The topological polar surface area (TPSA) is 170 Å². The first-order valence-electron chi connectivity index (χ1n) is 22.4. The number of amides is 4. The van der Waals surface area contributed by atoms with Gasteiger partial charge in [0.1, 0.15) is 0 Å². The molecule has 1 aromatic heterocycles. The lowest BCUT2D eigenvalue weighted by Crippen LogP contribution is -2.52. The predicted octanol–water partition coefficient (Wildman–Crippen LogP) is 4.25. The number of carbonyl (C=O) groups excluding carboxylic acids is 4. The lowest BCUT2D eigenvalue weighted by atomic mass is 9.78. The first-order valence-corrected chi connectivity index (χ1v) is 22.4. The summed E-state index contributed by atoms with van der Waals surface area (Å²) in [6, 6.07) is 11.3. The third kappa shape index (κ3) is 10.8. The Bertz CT molecular complexity index is 2060. The maximum atomic E-state index is 14.3. The van der Waals surface area contributed by atoms with Gasteiger partial charge in [0.05, 0.1) is 31.9 Å². The Kier molecular flexibility index (Phi) is 13.9. The highest BCUT2D eigenvalue weighted by atomic mass is 16.6. The van der Waals surface area contributed by atoms with Crippen LogP contribution >= 0.6 is 0 Å². The van der Waals surface area contributed by atoms with Crippen LogP contribution < -0.4 is 11.1 Å². The fourth-order valence-electron chi connectivity index (χ4n) is 10.0. The zero-order valence-electron chi connectivity index (χ0n) is 35.4. The van der Waals surface area contributed by atoms with Gasteiger partial charge >= 0.3 is 23.8 Å². The Labute approximate surface area is 356 Å². The van der Waals surface area contributed by atoms with Crippen molar-refractivity contribution in [2.24, 2.45) is 11.8 Å². The molecule has 2 aromatic carbocycles. The van der Waals surface area contributed by atoms with Gasteiger partial charge in [-0.3, -0.25) is 24.4 Å². The van der Waals surface area contributed by atoms with Gasteiger partial charge in [-0.15, -0.1) is 0 Å². The molecule has 8 rings (SSSR count). The minimum atomic E-state index is -1.07. The Morgan fingerprint density at radius 3 is 2.30 bits per heavy atom. The van der Waals surface area contributed by atoms with Crippen molar-refractivity contribution in [2.45, 2.75) is 76.9 Å². The minimum Gasteiger partial charge on any atom is -0.465 e. The molecular weight excluding hydrogens is 783 g/mol. The lowest BCUT2D eigenvalue weighted by molar-refractivity contribution is -0.145. The van der Waals surface area contributed by atoms with Gasteiger partial charge in [0.25, 0.3) is 5.91 Å². The number of morpholine rings is 1. The number of likely N-dealkylation sites (tertiary alicyclic amines) is 3. The summed E-state index contributed by atoms with van der Waals surface area (Å²) < 4.78 is 22.4. The molecule has 330 valence electrons. The van der Waals surface area contributed by atoms with E-state index in [1.54, 1.807) is 11.0 Å². The number of ether oxygens (including phenoxy) is 3. The molecule has 16 nitrogen and oxygen atoms in total. The van der Waals surface area contributed by atoms with E-state index in [4.69, 9.17) is 18.6 Å². The number of aromatic nitrogens is 1. The van der Waals surface area contributed by atoms with Crippen molar-refractivity contribution in [3.8, 4) is 0 Å². The number of hydrogen-bond acceptors (Lipinski definition) is 11. The fraction of sp³-hybridized carbons (Fsp3) is 0.622. The third-order valence-corrected chi connectivity index (χ3v) is 13.5. The highest BCUT2D eigenvalue weighted by Gasteiger charge is 2.37. The maximum Gasteiger partial charge on any atom is 0.417 e. The molecule has 4 fully saturated rings. The summed E-state index contributed by atoms with van der Waals surface area (Å²) in [5.41, 5.74) is 4.46. The molecule has 0 aliphatic carbocycles. The number of carbonyl (C=O) groups is 4. The zero-order chi connectivity index (χ0) is 42.3. The highest BCUT2D eigenvalue weighted by Crippen LogP contribution is 2.33. The van der Waals surface area contributed by atoms with Gasteiger partial charge in [-0.2, -0.15) is 0 Å². The van der Waals surface area contributed by atoms with Crippen molar-refractivity contribution in [2.75, 3.05) is 97.1 Å². The van der Waals surface area contributed by atoms with Gasteiger partial charge in [0.2, 0.25) is 0 Å². The van der Waals surface area contributed by atoms with Gasteiger partial charge in [0.15, 0.2) is 11.7 Å². The van der Waals surface area contributed by atoms with Gasteiger partial charge in [-0.25, -0.2) is 14.4 Å². The van der Waals surface area contributed by atoms with E-state index in [-0.39, 0.29) is 30.4 Å². The van der Waals surface area contributed by atoms with Crippen LogP contribution in [0.2, 0.25) is 0 Å². The molecule has 16 heteroatoms. The first-order chi connectivity index (χ1) is 29.7. The van der Waals surface area contributed by atoms with Crippen LogP contribution in [-0.4, -0.2) is 157 Å². The van der Waals surface area contributed by atoms with E-state index in [1.165, 1.54) is 0 Å². The van der Waals surface area contributed by atoms with Crippen LogP contribution in [0.1, 0.15) is 61.6 Å². The number of nitrogens with one attached hydrogen (secondary N) is 2. The summed E-state index contributed by atoms with van der Waals surface area (Å²) in [6.07, 6.45) is 5.06. The van der Waals surface area contributed by atoms with Crippen molar-refractivity contribution in [1.29, 1.82) is 0 Å². The zero-order valence-corrected chi connectivity index (χ0v) is 35.4. The standard InChI is InChI=1S/C45H61N7O9/c1-31-27-32(28-38-41(31)47-44(56)60-38)29-39(61-45(57)51-19-12-36(13-20-51)52-21-11-35-5-2-3-6-37(35)46-43(52)55)42(54)50-17-9-34(10-18-50)33-7-15-49(16-8-33)30-40(53)59-24-4-14-48-22-25-58-26-23-48/h2-3,5-6,27-28,33-34,36,39H,4,7-26,29-30H2,1H3,(H,46,55)(H,47,56)/t39-/m1/s1. The number of fused-ring (bicyclic) bond motifs is 2. The third-order valence-electron chi connectivity index (χ3n) is 13.5. The van der Waals surface area contributed by atoms with E-state index in [9.17, 15) is 24.0 Å². The Morgan fingerprint density at radius 2 is 1.54 bits per heavy atom. The highest BCUT2D eigenvalue weighted by molar-refractivity contribution is 5.91. The molecule has 0 bridgehead atoms. The summed E-state index contributed by atoms with van der Waals surface area (Å²) in [5, 5.41) is 3.05. The summed E-state index contributed by atoms with van der Waals surface area (Å²) >= 11 is 0. The van der Waals surface area contributed by atoms with Gasteiger partial charge in [-0.05, 0) is 112 Å². The monoisotopic (exact) mass is 843 g/mol. The molecule has 6 heterocycles. The van der Waals surface area contributed by atoms with Crippen LogP contribution in [0.3, 0.4) is 0 Å². The summed E-state index contributed by atoms with van der Waals surface area (Å²) in [7, 11) is 0. The molecule has 2 N–H and O–H groups in total. The van der Waals surface area contributed by atoms with Gasteiger partial charge in [0, 0.05) is 70.5 Å². The average Bonchev–Trinajstić information content (AvgIpc) is 3.57. The molecule has 0 saturated carbocycles. The number of oxazole rings is 1. The molecule has 5 aliphatic heterocycles. The van der Waals surface area contributed by atoms with Crippen molar-refractivity contribution < 1.29 is 37.8 Å². The SMILES string of the molecule is Cc1cc(C[C@@H](OC(=O)N2CCC(N3CCc4ccccc4NC3=O)CC2)C(=O)N2CCC(C3CCN(CC(=O)OCCCN4CCOCC4)CC3)CC2)cc2oc(=O)[nH]c12. The summed E-state index contributed by atoms with van der Waals surface area (Å²) in [5.74, 6) is 0.0579. The molecule has 4 saturated heterocycles. The Morgan fingerprint density at radius 1 is 0.836 bits per heavy atom. The number of urea groups is 1. The summed E-state index contributed by atoms with van der Waals surface area (Å²) in [4.78, 5) is 78.6. The number of nitrogens with zero attached hydrogens (tertiary/aromatic N) is 5. The quantitative estimate of drug-likeness (QED) is 0.198. The average molecular weight is 844 g/mol. The smallest absolute Gasteiger partial charge is 0.417 e. The molecule has 61 heavy (non-hydrogen) atoms. The molecule has 0 unspecified atom stereocenters. The maximum absolute atomic E-state index is 14.3. The van der Waals surface area contributed by atoms with E-state index in [1.807, 2.05) is 47.1 Å². The number of esters is 1. The van der Waals surface area contributed by atoms with Crippen molar-refractivity contribution in [3.63, 3.8) is 0 Å². The van der Waals surface area contributed by atoms with E-state index in [0.717, 1.165) is 107 Å². The minimum absolute atomic E-state index is 0.0209. The fourth-order valence-corrected chi connectivity index (χ4v) is 10.0. The molecule has 0 spiro atoms. The molecule has 1 atom stereocenters. The van der Waals surface area contributed by atoms with E-state index in [2.05, 4.69) is 20.1 Å². The van der Waals surface area contributed by atoms with Crippen molar-refractivity contribution in [1.82, 2.24) is 29.5 Å². The molecule has 4 amide bonds. The van der Waals surface area contributed by atoms with Gasteiger partial charge < -0.3 is 38.6 Å². The largest absolute Gasteiger partial charge is 0.465 e. The lowest BCUT2D eigenvalue weighted by Gasteiger charge is -2.41. The number of piperidine rings is 3. The van der Waals surface area contributed by atoms with Crippen LogP contribution in [-0.2, 0) is 36.6 Å². The van der Waals surface area contributed by atoms with Crippen LogP contribution in [0.25, 0.3) is 11.1 Å². The number of anilines is 1. The Hall–Kier alpha value is -4.93. The van der Waals surface area contributed by atoms with Crippen LogP contribution in [0.15, 0.2) is 45.6 Å². The van der Waals surface area contributed by atoms with Gasteiger partial charge in [-0.1, -0.05) is 24.3 Å². The molecule has 3 aromatic rings. The number of H-pyrrole nitrogens is 1. The number of para-hydroxylation sites is 1. The van der Waals surface area contributed by atoms with Crippen LogP contribution in [0.4, 0.5) is 15.3 Å². The normalized spacial score (nSPS) is 20.9. The van der Waals surface area contributed by atoms with Crippen molar-refractivity contribution in [3.05, 3.63) is 63.6 Å². The van der Waals surface area contributed by atoms with Crippen molar-refractivity contribution >= 4 is 40.8 Å². The second kappa shape index (κ2) is 19.8. The Balaban J connectivity index is 0.828. The van der Waals surface area contributed by atoms with Crippen LogP contribution in [0.5, 0.6) is 0 Å². The van der Waals surface area contributed by atoms with E-state index in [0.29, 0.717) is 81.7 Å². The summed E-state index contributed by atoms with van der Waals surface area (Å²) in [6.45, 7) is 11.2. The number of aromatic amines is 1. The number of benzene rings is 2. The molecular formula is C45H61N7O9. The van der Waals surface area contributed by atoms with E-state index >= 15 is 0 Å².